The van der Waals surface area contributed by atoms with Crippen LogP contribution in [0.5, 0.6) is 0 Å². The zero-order valence-corrected chi connectivity index (χ0v) is 14.2. The minimum Gasteiger partial charge on any atom is -0.481 e. The van der Waals surface area contributed by atoms with E-state index in [1.807, 2.05) is 0 Å². The maximum atomic E-state index is 12.9. The molecule has 0 radical (unpaired) electrons. The molecule has 0 bridgehead atoms. The van der Waals surface area contributed by atoms with Gasteiger partial charge in [0.15, 0.2) is 0 Å². The average Bonchev–Trinajstić information content (AvgIpc) is 3.21. The van der Waals surface area contributed by atoms with Crippen molar-refractivity contribution in [1.82, 2.24) is 10.2 Å². The van der Waals surface area contributed by atoms with Gasteiger partial charge in [-0.25, -0.2) is 4.79 Å². The number of nitrogens with zero attached hydrogens (tertiary/aromatic N) is 2. The van der Waals surface area contributed by atoms with Crippen LogP contribution in [0.15, 0.2) is 24.3 Å². The lowest BCUT2D eigenvalue weighted by Crippen LogP contribution is -2.45. The first-order valence-corrected chi connectivity index (χ1v) is 8.41. The molecule has 146 valence electrons. The van der Waals surface area contributed by atoms with Gasteiger partial charge >= 0.3 is 18.2 Å². The van der Waals surface area contributed by atoms with Gasteiger partial charge in [0.2, 0.25) is 5.91 Å². The molecule has 1 aromatic rings. The maximum Gasteiger partial charge on any atom is 0.416 e. The Morgan fingerprint density at radius 2 is 1.96 bits per heavy atom. The van der Waals surface area contributed by atoms with E-state index in [0.717, 1.165) is 12.1 Å². The Morgan fingerprint density at radius 3 is 2.59 bits per heavy atom. The number of likely N-dealkylation sites (tertiary alicyclic amines) is 1. The predicted molar refractivity (Wildman–Crippen MR) is 88.0 cm³/mol. The second kappa shape index (κ2) is 7.09. The number of carboxylic acid groups (broad SMARTS) is 1. The van der Waals surface area contributed by atoms with Gasteiger partial charge in [-0.2, -0.15) is 13.2 Å². The largest absolute Gasteiger partial charge is 0.481 e. The monoisotopic (exact) mass is 385 g/mol. The summed E-state index contributed by atoms with van der Waals surface area (Å²) in [5.41, 5.74) is -0.726. The Kier molecular flexibility index (Phi) is 4.99. The van der Waals surface area contributed by atoms with E-state index in [1.54, 1.807) is 0 Å². The van der Waals surface area contributed by atoms with Crippen molar-refractivity contribution < 1.29 is 32.7 Å². The fourth-order valence-electron chi connectivity index (χ4n) is 3.32. The molecule has 0 aromatic heterocycles. The van der Waals surface area contributed by atoms with Crippen LogP contribution >= 0.6 is 0 Å². The summed E-state index contributed by atoms with van der Waals surface area (Å²) in [6.45, 7) is 0.460. The topological polar surface area (TPSA) is 90.0 Å². The molecule has 27 heavy (non-hydrogen) atoms. The molecule has 2 aliphatic heterocycles. The summed E-state index contributed by atoms with van der Waals surface area (Å²) in [4.78, 5) is 38.0. The van der Waals surface area contributed by atoms with Crippen LogP contribution in [-0.4, -0.2) is 53.6 Å². The molecule has 0 aliphatic carbocycles. The number of hydrogen-bond acceptors (Lipinski definition) is 3. The quantitative estimate of drug-likeness (QED) is 0.832. The van der Waals surface area contributed by atoms with Crippen LogP contribution in [0.4, 0.5) is 23.7 Å². The highest BCUT2D eigenvalue weighted by Crippen LogP contribution is 2.32. The zero-order chi connectivity index (χ0) is 19.8. The lowest BCUT2D eigenvalue weighted by Gasteiger charge is -2.21. The molecule has 0 saturated carbocycles. The van der Waals surface area contributed by atoms with Gasteiger partial charge in [-0.3, -0.25) is 9.59 Å². The van der Waals surface area contributed by atoms with E-state index in [1.165, 1.54) is 21.9 Å². The van der Waals surface area contributed by atoms with Crippen LogP contribution in [-0.2, 0) is 15.8 Å². The average molecular weight is 385 g/mol. The van der Waals surface area contributed by atoms with Crippen molar-refractivity contribution in [3.8, 4) is 0 Å². The first kappa shape index (κ1) is 19.0. The number of carbonyl (C=O) groups excluding carboxylic acids is 2. The van der Waals surface area contributed by atoms with Crippen LogP contribution in [0.25, 0.3) is 0 Å². The second-order valence-electron chi connectivity index (χ2n) is 6.67. The Labute approximate surface area is 152 Å². The molecule has 2 saturated heterocycles. The number of alkyl halides is 3. The van der Waals surface area contributed by atoms with Gasteiger partial charge < -0.3 is 20.2 Å². The number of urea groups is 1. The van der Waals surface area contributed by atoms with Gasteiger partial charge in [0.25, 0.3) is 0 Å². The predicted octanol–water partition coefficient (Wildman–Crippen LogP) is 1.93. The van der Waals surface area contributed by atoms with Crippen molar-refractivity contribution >= 4 is 23.6 Å². The highest BCUT2D eigenvalue weighted by Gasteiger charge is 2.36. The normalized spacial score (nSPS) is 23.0. The number of amides is 3. The van der Waals surface area contributed by atoms with Crippen molar-refractivity contribution in [3.63, 3.8) is 0 Å². The van der Waals surface area contributed by atoms with Crippen molar-refractivity contribution in [2.45, 2.75) is 25.1 Å². The lowest BCUT2D eigenvalue weighted by molar-refractivity contribution is -0.141. The molecule has 7 nitrogen and oxygen atoms in total. The number of aliphatic carboxylic acids is 1. The molecular formula is C17H18F3N3O4. The minimum absolute atomic E-state index is 0.0296. The summed E-state index contributed by atoms with van der Waals surface area (Å²) in [6.07, 6.45) is -4.18. The van der Waals surface area contributed by atoms with Crippen LogP contribution in [0.1, 0.15) is 18.4 Å². The second-order valence-corrected chi connectivity index (χ2v) is 6.67. The van der Waals surface area contributed by atoms with Gasteiger partial charge in [-0.15, -0.1) is 0 Å². The van der Waals surface area contributed by atoms with Crippen LogP contribution in [0.2, 0.25) is 0 Å². The molecule has 2 N–H and O–H groups in total. The lowest BCUT2D eigenvalue weighted by atomic mass is 10.1. The van der Waals surface area contributed by atoms with E-state index in [-0.39, 0.29) is 31.1 Å². The molecule has 2 fully saturated rings. The Hall–Kier alpha value is -2.78. The maximum absolute atomic E-state index is 12.9. The third-order valence-electron chi connectivity index (χ3n) is 4.76. The number of hydrogen-bond donors (Lipinski definition) is 2. The van der Waals surface area contributed by atoms with Gasteiger partial charge in [-0.05, 0) is 24.6 Å². The number of halogens is 3. The molecule has 3 amide bonds. The highest BCUT2D eigenvalue weighted by atomic mass is 19.4. The molecule has 2 unspecified atom stereocenters. The van der Waals surface area contributed by atoms with E-state index < -0.39 is 35.7 Å². The van der Waals surface area contributed by atoms with Crippen LogP contribution in [0, 0.1) is 5.92 Å². The van der Waals surface area contributed by atoms with Crippen molar-refractivity contribution in [1.29, 1.82) is 0 Å². The standard InChI is InChI=1S/C17H18F3N3O4/c18-17(19,20)11-2-1-3-13(6-11)23-9-12(7-14(23)24)21-16(27)22-5-4-10(8-22)15(25)26/h1-3,6,10,12H,4-5,7-9H2,(H,21,27)(H,25,26). The summed E-state index contributed by atoms with van der Waals surface area (Å²) < 4.78 is 38.6. The molecule has 2 heterocycles. The molecular weight excluding hydrogens is 367 g/mol. The van der Waals surface area contributed by atoms with E-state index in [9.17, 15) is 27.6 Å². The Balaban J connectivity index is 1.63. The van der Waals surface area contributed by atoms with Crippen molar-refractivity contribution in [3.05, 3.63) is 29.8 Å². The summed E-state index contributed by atoms with van der Waals surface area (Å²) in [6, 6.07) is 3.45. The Morgan fingerprint density at radius 1 is 1.22 bits per heavy atom. The highest BCUT2D eigenvalue weighted by molar-refractivity contribution is 5.97. The molecule has 2 aliphatic rings. The molecule has 3 rings (SSSR count). The van der Waals surface area contributed by atoms with E-state index in [2.05, 4.69) is 5.32 Å². The van der Waals surface area contributed by atoms with Gasteiger partial charge in [0.05, 0.1) is 17.5 Å². The van der Waals surface area contributed by atoms with E-state index in [4.69, 9.17) is 5.11 Å². The van der Waals surface area contributed by atoms with E-state index >= 15 is 0 Å². The molecule has 2 atom stereocenters. The third-order valence-corrected chi connectivity index (χ3v) is 4.76. The summed E-state index contributed by atoms with van der Waals surface area (Å²) in [5.74, 6) is -1.95. The molecule has 10 heteroatoms. The molecule has 0 spiro atoms. The number of benzene rings is 1. The smallest absolute Gasteiger partial charge is 0.416 e. The summed E-state index contributed by atoms with van der Waals surface area (Å²) >= 11 is 0. The number of carboxylic acids is 1. The van der Waals surface area contributed by atoms with Crippen LogP contribution in [0.3, 0.4) is 0 Å². The van der Waals surface area contributed by atoms with Crippen molar-refractivity contribution in [2.24, 2.45) is 5.92 Å². The number of anilines is 1. The third kappa shape index (κ3) is 4.15. The fraction of sp³-hybridized carbons (Fsp3) is 0.471. The molecule has 1 aromatic carbocycles. The van der Waals surface area contributed by atoms with E-state index in [0.29, 0.717) is 13.0 Å². The number of carbonyl (C=O) groups is 3. The van der Waals surface area contributed by atoms with Crippen LogP contribution < -0.4 is 10.2 Å². The van der Waals surface area contributed by atoms with Crippen molar-refractivity contribution in [2.75, 3.05) is 24.5 Å². The summed E-state index contributed by atoms with van der Waals surface area (Å²) in [5, 5.41) is 11.6. The Bertz CT molecular complexity index is 768. The number of nitrogens with one attached hydrogen (secondary N) is 1. The van der Waals surface area contributed by atoms with Gasteiger partial charge in [0, 0.05) is 31.7 Å². The first-order valence-electron chi connectivity index (χ1n) is 8.41. The van der Waals surface area contributed by atoms with Gasteiger partial charge in [-0.1, -0.05) is 6.07 Å². The zero-order valence-electron chi connectivity index (χ0n) is 14.2. The number of rotatable bonds is 3. The minimum atomic E-state index is -4.51. The fourth-order valence-corrected chi connectivity index (χ4v) is 3.32. The summed E-state index contributed by atoms with van der Waals surface area (Å²) in [7, 11) is 0. The first-order chi connectivity index (χ1) is 12.6. The SMILES string of the molecule is O=C(O)C1CCN(C(=O)NC2CC(=O)N(c3cccc(C(F)(F)F)c3)C2)C1. The van der Waals surface area contributed by atoms with Gasteiger partial charge in [0.1, 0.15) is 0 Å².